The molecule has 0 radical (unpaired) electrons. The Hall–Kier alpha value is -1.48. The van der Waals surface area contributed by atoms with Crippen LogP contribution in [-0.4, -0.2) is 12.3 Å². The summed E-state index contributed by atoms with van der Waals surface area (Å²) in [5.41, 5.74) is 3.44. The first-order valence-corrected chi connectivity index (χ1v) is 7.33. The molecule has 0 aliphatic carbocycles. The Kier molecular flexibility index (Phi) is 4.86. The second-order valence-corrected chi connectivity index (χ2v) is 5.69. The summed E-state index contributed by atoms with van der Waals surface area (Å²) >= 11 is 1.82. The lowest BCUT2D eigenvalue weighted by molar-refractivity contribution is 0.628. The first-order valence-electron chi connectivity index (χ1n) is 6.34. The fourth-order valence-corrected chi connectivity index (χ4v) is 2.79. The van der Waals surface area contributed by atoms with Gasteiger partial charge < -0.3 is 5.32 Å². The lowest BCUT2D eigenvalue weighted by Gasteiger charge is -2.08. The molecule has 0 spiro atoms. The SMILES string of the molecule is Cc1ccc(SCCNc2cccc(F)c2)c(C)c1. The molecule has 1 N–H and O–H groups in total. The largest absolute Gasteiger partial charge is 0.384 e. The average Bonchev–Trinajstić information content (AvgIpc) is 2.37. The molecule has 2 aromatic rings. The number of benzene rings is 2. The molecule has 3 heteroatoms. The Labute approximate surface area is 118 Å². The summed E-state index contributed by atoms with van der Waals surface area (Å²) in [4.78, 5) is 1.31. The fraction of sp³-hybridized carbons (Fsp3) is 0.250. The van der Waals surface area contributed by atoms with E-state index < -0.39 is 0 Å². The zero-order valence-electron chi connectivity index (χ0n) is 11.2. The van der Waals surface area contributed by atoms with Gasteiger partial charge in [-0.05, 0) is 43.7 Å². The van der Waals surface area contributed by atoms with E-state index in [1.807, 2.05) is 17.8 Å². The molecule has 0 saturated carbocycles. The van der Waals surface area contributed by atoms with E-state index in [-0.39, 0.29) is 5.82 Å². The minimum Gasteiger partial charge on any atom is -0.384 e. The molecule has 0 aliphatic heterocycles. The van der Waals surface area contributed by atoms with Crippen LogP contribution in [0.1, 0.15) is 11.1 Å². The second kappa shape index (κ2) is 6.62. The number of hydrogen-bond donors (Lipinski definition) is 1. The van der Waals surface area contributed by atoms with Gasteiger partial charge in [-0.25, -0.2) is 4.39 Å². The van der Waals surface area contributed by atoms with Crippen molar-refractivity contribution in [1.82, 2.24) is 0 Å². The Morgan fingerprint density at radius 1 is 1.11 bits per heavy atom. The zero-order chi connectivity index (χ0) is 13.7. The lowest BCUT2D eigenvalue weighted by Crippen LogP contribution is -2.04. The van der Waals surface area contributed by atoms with Crippen LogP contribution in [0, 0.1) is 19.7 Å². The molecule has 2 aromatic carbocycles. The van der Waals surface area contributed by atoms with Crippen LogP contribution in [0.2, 0.25) is 0 Å². The van der Waals surface area contributed by atoms with Crippen LogP contribution in [0.15, 0.2) is 47.4 Å². The maximum atomic E-state index is 13.0. The Morgan fingerprint density at radius 2 is 1.95 bits per heavy atom. The topological polar surface area (TPSA) is 12.0 Å². The van der Waals surface area contributed by atoms with Gasteiger partial charge in [0.05, 0.1) is 0 Å². The van der Waals surface area contributed by atoms with Crippen molar-refractivity contribution < 1.29 is 4.39 Å². The van der Waals surface area contributed by atoms with E-state index in [1.54, 1.807) is 6.07 Å². The molecule has 2 rings (SSSR count). The van der Waals surface area contributed by atoms with Crippen molar-refractivity contribution in [2.24, 2.45) is 0 Å². The normalized spacial score (nSPS) is 10.5. The number of hydrogen-bond acceptors (Lipinski definition) is 2. The molecule has 0 aliphatic rings. The molecular weight excluding hydrogens is 257 g/mol. The standard InChI is InChI=1S/C16H18FNS/c1-12-6-7-16(13(2)10-12)19-9-8-18-15-5-3-4-14(17)11-15/h3-7,10-11,18H,8-9H2,1-2H3. The van der Waals surface area contributed by atoms with E-state index in [4.69, 9.17) is 0 Å². The van der Waals surface area contributed by atoms with Gasteiger partial charge in [0.15, 0.2) is 0 Å². The minimum absolute atomic E-state index is 0.202. The Balaban J connectivity index is 1.81. The number of nitrogens with one attached hydrogen (secondary N) is 1. The van der Waals surface area contributed by atoms with Crippen molar-refractivity contribution in [3.8, 4) is 0 Å². The molecule has 0 atom stereocenters. The van der Waals surface area contributed by atoms with Gasteiger partial charge in [0.25, 0.3) is 0 Å². The van der Waals surface area contributed by atoms with Crippen LogP contribution in [0.3, 0.4) is 0 Å². The van der Waals surface area contributed by atoms with E-state index in [1.165, 1.54) is 28.2 Å². The van der Waals surface area contributed by atoms with Crippen LogP contribution < -0.4 is 5.32 Å². The highest BCUT2D eigenvalue weighted by Crippen LogP contribution is 2.23. The highest BCUT2D eigenvalue weighted by atomic mass is 32.2. The third-order valence-corrected chi connectivity index (χ3v) is 4.02. The third-order valence-electron chi connectivity index (χ3n) is 2.84. The maximum Gasteiger partial charge on any atom is 0.125 e. The number of halogens is 1. The summed E-state index contributed by atoms with van der Waals surface area (Å²) in [5.74, 6) is 0.757. The summed E-state index contributed by atoms with van der Waals surface area (Å²) in [6, 6.07) is 13.1. The van der Waals surface area contributed by atoms with Crippen LogP contribution >= 0.6 is 11.8 Å². The molecule has 0 aromatic heterocycles. The summed E-state index contributed by atoms with van der Waals surface area (Å²) < 4.78 is 13.0. The van der Waals surface area contributed by atoms with Gasteiger partial charge in [-0.15, -0.1) is 11.8 Å². The fourth-order valence-electron chi connectivity index (χ4n) is 1.92. The van der Waals surface area contributed by atoms with Gasteiger partial charge in [-0.2, -0.15) is 0 Å². The molecule has 19 heavy (non-hydrogen) atoms. The monoisotopic (exact) mass is 275 g/mol. The van der Waals surface area contributed by atoms with Crippen molar-refractivity contribution in [2.45, 2.75) is 18.7 Å². The van der Waals surface area contributed by atoms with Crippen molar-refractivity contribution >= 4 is 17.4 Å². The first kappa shape index (κ1) is 13.9. The number of rotatable bonds is 5. The number of thioether (sulfide) groups is 1. The Bertz CT molecular complexity index is 554. The zero-order valence-corrected chi connectivity index (χ0v) is 12.1. The molecular formula is C16H18FNS. The smallest absolute Gasteiger partial charge is 0.125 e. The highest BCUT2D eigenvalue weighted by Gasteiger charge is 1.99. The summed E-state index contributed by atoms with van der Waals surface area (Å²) in [6.45, 7) is 5.06. The minimum atomic E-state index is -0.202. The van der Waals surface area contributed by atoms with Gasteiger partial charge in [0, 0.05) is 22.9 Å². The van der Waals surface area contributed by atoms with Crippen LogP contribution in [-0.2, 0) is 0 Å². The van der Waals surface area contributed by atoms with Gasteiger partial charge in [-0.3, -0.25) is 0 Å². The first-order chi connectivity index (χ1) is 9.15. The predicted molar refractivity (Wildman–Crippen MR) is 81.5 cm³/mol. The molecule has 1 nitrogen and oxygen atoms in total. The van der Waals surface area contributed by atoms with E-state index in [9.17, 15) is 4.39 Å². The van der Waals surface area contributed by atoms with E-state index in [0.717, 1.165) is 18.0 Å². The van der Waals surface area contributed by atoms with E-state index in [2.05, 4.69) is 37.4 Å². The molecule has 0 saturated heterocycles. The van der Waals surface area contributed by atoms with Gasteiger partial charge in [0.2, 0.25) is 0 Å². The van der Waals surface area contributed by atoms with Crippen molar-refractivity contribution in [3.05, 3.63) is 59.4 Å². The van der Waals surface area contributed by atoms with Crippen molar-refractivity contribution in [1.29, 1.82) is 0 Å². The quantitative estimate of drug-likeness (QED) is 0.630. The third kappa shape index (κ3) is 4.28. The van der Waals surface area contributed by atoms with Crippen LogP contribution in [0.25, 0.3) is 0 Å². The molecule has 0 heterocycles. The van der Waals surface area contributed by atoms with Crippen LogP contribution in [0.4, 0.5) is 10.1 Å². The van der Waals surface area contributed by atoms with Gasteiger partial charge in [0.1, 0.15) is 5.82 Å². The predicted octanol–water partition coefficient (Wildman–Crippen LogP) is 4.65. The van der Waals surface area contributed by atoms with E-state index >= 15 is 0 Å². The molecule has 100 valence electrons. The highest BCUT2D eigenvalue weighted by molar-refractivity contribution is 7.99. The molecule has 0 amide bonds. The summed E-state index contributed by atoms with van der Waals surface area (Å²) in [5, 5.41) is 3.23. The van der Waals surface area contributed by atoms with Gasteiger partial charge >= 0.3 is 0 Å². The summed E-state index contributed by atoms with van der Waals surface area (Å²) in [7, 11) is 0. The van der Waals surface area contributed by atoms with Crippen molar-refractivity contribution in [2.75, 3.05) is 17.6 Å². The number of aryl methyl sites for hydroxylation is 2. The molecule has 0 fully saturated rings. The van der Waals surface area contributed by atoms with E-state index in [0.29, 0.717) is 0 Å². The summed E-state index contributed by atoms with van der Waals surface area (Å²) in [6.07, 6.45) is 0. The molecule has 0 bridgehead atoms. The lowest BCUT2D eigenvalue weighted by atomic mass is 10.2. The van der Waals surface area contributed by atoms with Crippen molar-refractivity contribution in [3.63, 3.8) is 0 Å². The average molecular weight is 275 g/mol. The Morgan fingerprint density at radius 3 is 2.68 bits per heavy atom. The van der Waals surface area contributed by atoms with Crippen LogP contribution in [0.5, 0.6) is 0 Å². The molecule has 0 unspecified atom stereocenters. The maximum absolute atomic E-state index is 13.0. The van der Waals surface area contributed by atoms with Gasteiger partial charge in [-0.1, -0.05) is 23.8 Å². The number of anilines is 1. The second-order valence-electron chi connectivity index (χ2n) is 4.55.